The zero-order valence-corrected chi connectivity index (χ0v) is 11.0. The Morgan fingerprint density at radius 1 is 1.35 bits per heavy atom. The maximum Gasteiger partial charge on any atom is 0.337 e. The van der Waals surface area contributed by atoms with Crippen molar-refractivity contribution in [3.63, 3.8) is 0 Å². The predicted molar refractivity (Wildman–Crippen MR) is 66.6 cm³/mol. The molecule has 0 bridgehead atoms. The van der Waals surface area contributed by atoms with Crippen molar-refractivity contribution in [1.82, 2.24) is 5.32 Å². The van der Waals surface area contributed by atoms with Gasteiger partial charge in [-0.1, -0.05) is 11.6 Å². The monoisotopic (exact) mass is 308 g/mol. The van der Waals surface area contributed by atoms with E-state index in [-0.39, 0.29) is 5.02 Å². The van der Waals surface area contributed by atoms with Crippen LogP contribution in [0.5, 0.6) is 0 Å². The van der Waals surface area contributed by atoms with Crippen LogP contribution in [-0.2, 0) is 4.79 Å². The highest BCUT2D eigenvalue weighted by Crippen LogP contribution is 2.23. The van der Waals surface area contributed by atoms with E-state index >= 15 is 0 Å². The van der Waals surface area contributed by atoms with Crippen molar-refractivity contribution in [2.45, 2.75) is 12.5 Å². The lowest BCUT2D eigenvalue weighted by Crippen LogP contribution is -2.47. The van der Waals surface area contributed by atoms with E-state index in [2.05, 4.69) is 0 Å². The number of carbonyl (C=O) groups is 2. The van der Waals surface area contributed by atoms with Gasteiger partial charge in [0.05, 0.1) is 6.54 Å². The molecule has 2 amide bonds. The third-order valence-electron chi connectivity index (χ3n) is 2.30. The summed E-state index contributed by atoms with van der Waals surface area (Å²) in [6.45, 7) is 0.310. The van der Waals surface area contributed by atoms with Crippen LogP contribution in [0.4, 0.5) is 19.3 Å². The second-order valence-corrected chi connectivity index (χ2v) is 4.57. The summed E-state index contributed by atoms with van der Waals surface area (Å²) in [6, 6.07) is 0.521. The van der Waals surface area contributed by atoms with Crippen LogP contribution in [0.2, 0.25) is 5.02 Å². The number of hydrogen-bond acceptors (Lipinski definition) is 3. The molecule has 0 spiro atoms. The molecule has 1 rings (SSSR count). The highest BCUT2D eigenvalue weighted by Gasteiger charge is 2.30. The average molecular weight is 309 g/mol. The molecule has 1 unspecified atom stereocenters. The number of carboxylic acids is 1. The van der Waals surface area contributed by atoms with Gasteiger partial charge in [0.15, 0.2) is 17.2 Å². The van der Waals surface area contributed by atoms with Crippen molar-refractivity contribution in [2.75, 3.05) is 11.9 Å². The van der Waals surface area contributed by atoms with Gasteiger partial charge in [-0.2, -0.15) is 0 Å². The van der Waals surface area contributed by atoms with Gasteiger partial charge in [0.1, 0.15) is 5.69 Å². The Bertz CT molecular complexity index is 528. The molecule has 0 saturated carbocycles. The van der Waals surface area contributed by atoms with Crippen LogP contribution in [0.25, 0.3) is 0 Å². The van der Waals surface area contributed by atoms with Gasteiger partial charge in [-0.05, 0) is 19.1 Å². The fourth-order valence-electron chi connectivity index (χ4n) is 1.15. The number of carbonyl (C=O) groups excluding carboxylic acids is 1. The summed E-state index contributed by atoms with van der Waals surface area (Å²) >= 11 is 5.41. The predicted octanol–water partition coefficient (Wildman–Crippen LogP) is 1.58. The number of benzene rings is 1. The van der Waals surface area contributed by atoms with Gasteiger partial charge in [-0.3, -0.25) is 0 Å². The lowest BCUT2D eigenvalue weighted by atomic mass is 10.1. The van der Waals surface area contributed by atoms with E-state index < -0.39 is 41.5 Å². The van der Waals surface area contributed by atoms with Crippen molar-refractivity contribution >= 4 is 29.3 Å². The lowest BCUT2D eigenvalue weighted by Gasteiger charge is -2.18. The second-order valence-electron chi connectivity index (χ2n) is 4.13. The lowest BCUT2D eigenvalue weighted by molar-refractivity contribution is -0.155. The summed E-state index contributed by atoms with van der Waals surface area (Å²) in [7, 11) is 0. The Labute approximate surface area is 117 Å². The molecule has 1 aromatic carbocycles. The highest BCUT2D eigenvalue weighted by molar-refractivity contribution is 6.30. The third kappa shape index (κ3) is 4.04. The Balaban J connectivity index is 2.71. The molecule has 6 nitrogen and oxygen atoms in total. The van der Waals surface area contributed by atoms with Crippen molar-refractivity contribution in [3.05, 3.63) is 28.8 Å². The van der Waals surface area contributed by atoms with E-state index in [0.29, 0.717) is 0 Å². The quantitative estimate of drug-likeness (QED) is 0.678. The number of rotatable bonds is 4. The van der Waals surface area contributed by atoms with Crippen LogP contribution in [-0.4, -0.2) is 34.4 Å². The molecule has 0 radical (unpaired) electrons. The van der Waals surface area contributed by atoms with Crippen molar-refractivity contribution in [1.29, 1.82) is 0 Å². The molecule has 4 N–H and O–H groups in total. The van der Waals surface area contributed by atoms with Crippen molar-refractivity contribution < 1.29 is 28.6 Å². The zero-order chi connectivity index (χ0) is 15.5. The summed E-state index contributed by atoms with van der Waals surface area (Å²) in [5.74, 6) is -3.73. The number of hydrogen-bond donors (Lipinski definition) is 4. The molecule has 110 valence electrons. The van der Waals surface area contributed by atoms with Crippen LogP contribution in [0, 0.1) is 11.6 Å². The smallest absolute Gasteiger partial charge is 0.337 e. The first kappa shape index (κ1) is 16.1. The third-order valence-corrected chi connectivity index (χ3v) is 2.52. The van der Waals surface area contributed by atoms with Gasteiger partial charge < -0.3 is 20.8 Å². The van der Waals surface area contributed by atoms with E-state index in [1.165, 1.54) is 0 Å². The highest BCUT2D eigenvalue weighted by atomic mass is 35.5. The maximum atomic E-state index is 13.4. The topological polar surface area (TPSA) is 98.7 Å². The molecule has 0 fully saturated rings. The summed E-state index contributed by atoms with van der Waals surface area (Å²) in [4.78, 5) is 22.0. The van der Waals surface area contributed by atoms with Crippen molar-refractivity contribution in [3.8, 4) is 0 Å². The molecule has 0 aliphatic heterocycles. The van der Waals surface area contributed by atoms with Gasteiger partial charge in [-0.25, -0.2) is 18.4 Å². The van der Waals surface area contributed by atoms with E-state index in [1.54, 1.807) is 0 Å². The van der Waals surface area contributed by atoms with Crippen LogP contribution >= 0.6 is 11.6 Å². The molecule has 9 heteroatoms. The van der Waals surface area contributed by atoms with Gasteiger partial charge >= 0.3 is 12.0 Å². The minimum atomic E-state index is -2.20. The van der Waals surface area contributed by atoms with Crippen LogP contribution in [0.15, 0.2) is 12.1 Å². The largest absolute Gasteiger partial charge is 0.479 e. The molecule has 0 aliphatic carbocycles. The summed E-state index contributed by atoms with van der Waals surface area (Å²) in [5.41, 5.74) is -2.93. The Kier molecular flexibility index (Phi) is 4.85. The first-order valence-electron chi connectivity index (χ1n) is 5.28. The van der Waals surface area contributed by atoms with Gasteiger partial charge in [0.25, 0.3) is 0 Å². The van der Waals surface area contributed by atoms with E-state index in [9.17, 15) is 23.5 Å². The standard InChI is InChI=1S/C11H11ClF2N2O4/c1-11(20,9(17)18)4-15-10(19)16-8-6(13)2-5(12)3-7(8)14/h2-3,20H,4H2,1H3,(H,17,18)(H2,15,16,19). The van der Waals surface area contributed by atoms with E-state index in [1.807, 2.05) is 10.6 Å². The molecule has 0 saturated heterocycles. The number of aliphatic carboxylic acids is 1. The first-order chi connectivity index (χ1) is 9.13. The minimum Gasteiger partial charge on any atom is -0.479 e. The molecule has 1 aromatic rings. The Hall–Kier alpha value is -1.93. The number of aliphatic hydroxyl groups is 1. The van der Waals surface area contributed by atoms with Crippen LogP contribution in [0.3, 0.4) is 0 Å². The maximum absolute atomic E-state index is 13.4. The summed E-state index contributed by atoms with van der Waals surface area (Å²) in [6.07, 6.45) is 0. The molecular formula is C11H11ClF2N2O4. The number of urea groups is 1. The summed E-state index contributed by atoms with van der Waals surface area (Å²) in [5, 5.41) is 21.6. The minimum absolute atomic E-state index is 0.181. The SMILES string of the molecule is CC(O)(CNC(=O)Nc1c(F)cc(Cl)cc1F)C(=O)O. The van der Waals surface area contributed by atoms with Gasteiger partial charge in [0.2, 0.25) is 0 Å². The zero-order valence-electron chi connectivity index (χ0n) is 10.2. The Morgan fingerprint density at radius 3 is 2.30 bits per heavy atom. The number of halogens is 3. The number of anilines is 1. The molecule has 0 heterocycles. The number of carboxylic acid groups (broad SMARTS) is 1. The molecular weight excluding hydrogens is 298 g/mol. The normalized spacial score (nSPS) is 13.4. The first-order valence-corrected chi connectivity index (χ1v) is 5.66. The van der Waals surface area contributed by atoms with Crippen LogP contribution < -0.4 is 10.6 Å². The molecule has 0 aromatic heterocycles. The second kappa shape index (κ2) is 6.02. The fraction of sp³-hybridized carbons (Fsp3) is 0.273. The van der Waals surface area contributed by atoms with Crippen LogP contribution in [0.1, 0.15) is 6.92 Å². The molecule has 0 aliphatic rings. The van der Waals surface area contributed by atoms with E-state index in [0.717, 1.165) is 19.1 Å². The number of amides is 2. The van der Waals surface area contributed by atoms with E-state index in [4.69, 9.17) is 16.7 Å². The fourth-order valence-corrected chi connectivity index (χ4v) is 1.34. The molecule has 20 heavy (non-hydrogen) atoms. The van der Waals surface area contributed by atoms with Gasteiger partial charge in [0, 0.05) is 5.02 Å². The van der Waals surface area contributed by atoms with Crippen molar-refractivity contribution in [2.24, 2.45) is 0 Å². The Morgan fingerprint density at radius 2 is 1.85 bits per heavy atom. The summed E-state index contributed by atoms with van der Waals surface area (Å²) < 4.78 is 26.7. The van der Waals surface area contributed by atoms with Gasteiger partial charge in [-0.15, -0.1) is 0 Å². The molecule has 1 atom stereocenters. The average Bonchev–Trinajstić information content (AvgIpc) is 2.31. The number of nitrogens with one attached hydrogen (secondary N) is 2.